The highest BCUT2D eigenvalue weighted by atomic mass is 16.5. The molecule has 2 saturated heterocycles. The number of aromatic nitrogens is 4. The fourth-order valence-corrected chi connectivity index (χ4v) is 4.06. The smallest absolute Gasteiger partial charge is 0.242 e. The highest BCUT2D eigenvalue weighted by Crippen LogP contribution is 2.21. The minimum absolute atomic E-state index is 0.117. The first-order valence-electron chi connectivity index (χ1n) is 10.4. The number of nitrogens with zero attached hydrogens (tertiary/aromatic N) is 7. The summed E-state index contributed by atoms with van der Waals surface area (Å²) in [5.41, 5.74) is 2.97. The average molecular weight is 407 g/mol. The van der Waals surface area contributed by atoms with Gasteiger partial charge in [0.05, 0.1) is 42.5 Å². The molecule has 3 aromatic rings. The molecule has 156 valence electrons. The van der Waals surface area contributed by atoms with E-state index in [0.29, 0.717) is 19.6 Å². The first-order chi connectivity index (χ1) is 14.8. The van der Waals surface area contributed by atoms with Crippen molar-refractivity contribution in [3.63, 3.8) is 0 Å². The highest BCUT2D eigenvalue weighted by Gasteiger charge is 2.23. The van der Waals surface area contributed by atoms with E-state index in [1.807, 2.05) is 39.9 Å². The second-order valence-electron chi connectivity index (χ2n) is 7.60. The number of anilines is 2. The summed E-state index contributed by atoms with van der Waals surface area (Å²) < 4.78 is 7.35. The molecule has 2 aliphatic heterocycles. The van der Waals surface area contributed by atoms with Crippen LogP contribution in [0, 0.1) is 0 Å². The van der Waals surface area contributed by atoms with E-state index in [9.17, 15) is 4.79 Å². The first-order valence-corrected chi connectivity index (χ1v) is 10.4. The lowest BCUT2D eigenvalue weighted by molar-refractivity contribution is -0.132. The number of morpholine rings is 1. The number of fused-ring (bicyclic) bond motifs is 1. The summed E-state index contributed by atoms with van der Waals surface area (Å²) >= 11 is 0. The van der Waals surface area contributed by atoms with Crippen LogP contribution in [0.1, 0.15) is 0 Å². The Labute approximate surface area is 174 Å². The van der Waals surface area contributed by atoms with Gasteiger partial charge in [0.25, 0.3) is 0 Å². The topological polar surface area (TPSA) is 79.6 Å². The standard InChI is InChI=1S/C21H25N7O2/c29-21(15-28-16-22-18-3-1-2-4-19(18)28)27-7-5-26(6-8-27)20-13-17(14-23-24-20)25-9-11-30-12-10-25/h1-4,13-14,16H,5-12,15H2. The van der Waals surface area contributed by atoms with Crippen molar-refractivity contribution >= 4 is 28.4 Å². The van der Waals surface area contributed by atoms with Crippen molar-refractivity contribution in [3.8, 4) is 0 Å². The van der Waals surface area contributed by atoms with Crippen molar-refractivity contribution in [2.75, 3.05) is 62.3 Å². The summed E-state index contributed by atoms with van der Waals surface area (Å²) in [4.78, 5) is 23.6. The maximum absolute atomic E-state index is 12.8. The minimum Gasteiger partial charge on any atom is -0.378 e. The predicted octanol–water partition coefficient (Wildman–Crippen LogP) is 1.01. The Morgan fingerprint density at radius 1 is 1.00 bits per heavy atom. The third-order valence-electron chi connectivity index (χ3n) is 5.79. The normalized spacial score (nSPS) is 17.5. The fourth-order valence-electron chi connectivity index (χ4n) is 4.06. The summed E-state index contributed by atoms with van der Waals surface area (Å²) in [7, 11) is 0. The van der Waals surface area contributed by atoms with E-state index in [4.69, 9.17) is 4.74 Å². The maximum Gasteiger partial charge on any atom is 0.242 e. The number of ether oxygens (including phenoxy) is 1. The van der Waals surface area contributed by atoms with Gasteiger partial charge in [-0.3, -0.25) is 4.79 Å². The van der Waals surface area contributed by atoms with E-state index < -0.39 is 0 Å². The second kappa shape index (κ2) is 8.27. The van der Waals surface area contributed by atoms with Crippen LogP contribution < -0.4 is 9.80 Å². The lowest BCUT2D eigenvalue weighted by Crippen LogP contribution is -2.50. The number of amides is 1. The van der Waals surface area contributed by atoms with Crippen LogP contribution in [0.5, 0.6) is 0 Å². The Bertz CT molecular complexity index is 1020. The largest absolute Gasteiger partial charge is 0.378 e. The molecule has 4 heterocycles. The van der Waals surface area contributed by atoms with Gasteiger partial charge in [-0.2, -0.15) is 5.10 Å². The van der Waals surface area contributed by atoms with E-state index in [1.165, 1.54) is 0 Å². The molecule has 0 saturated carbocycles. The van der Waals surface area contributed by atoms with Crippen LogP contribution in [0.15, 0.2) is 42.9 Å². The van der Waals surface area contributed by atoms with E-state index in [0.717, 1.165) is 61.9 Å². The highest BCUT2D eigenvalue weighted by molar-refractivity contribution is 5.80. The number of rotatable bonds is 4. The average Bonchev–Trinajstić information content (AvgIpc) is 3.23. The molecule has 30 heavy (non-hydrogen) atoms. The molecule has 0 spiro atoms. The van der Waals surface area contributed by atoms with Crippen molar-refractivity contribution in [1.29, 1.82) is 0 Å². The van der Waals surface area contributed by atoms with Crippen molar-refractivity contribution in [2.45, 2.75) is 6.54 Å². The summed E-state index contributed by atoms with van der Waals surface area (Å²) in [6, 6.07) is 9.97. The summed E-state index contributed by atoms with van der Waals surface area (Å²) in [5.74, 6) is 0.984. The van der Waals surface area contributed by atoms with Gasteiger partial charge in [-0.15, -0.1) is 5.10 Å². The molecule has 1 amide bonds. The molecule has 0 radical (unpaired) electrons. The van der Waals surface area contributed by atoms with Crippen LogP contribution >= 0.6 is 0 Å². The number of imidazole rings is 1. The minimum atomic E-state index is 0.117. The van der Waals surface area contributed by atoms with E-state index in [2.05, 4.69) is 31.0 Å². The Hall–Kier alpha value is -3.20. The molecule has 0 aliphatic carbocycles. The van der Waals surface area contributed by atoms with Gasteiger partial charge < -0.3 is 24.0 Å². The summed E-state index contributed by atoms with van der Waals surface area (Å²) in [6.07, 6.45) is 3.55. The summed E-state index contributed by atoms with van der Waals surface area (Å²) in [6.45, 7) is 6.38. The Balaban J connectivity index is 1.20. The molecule has 0 atom stereocenters. The third kappa shape index (κ3) is 3.80. The van der Waals surface area contributed by atoms with Crippen LogP contribution in [0.25, 0.3) is 11.0 Å². The van der Waals surface area contributed by atoms with Crippen LogP contribution in [0.3, 0.4) is 0 Å². The second-order valence-corrected chi connectivity index (χ2v) is 7.60. The van der Waals surface area contributed by atoms with Gasteiger partial charge in [0, 0.05) is 45.3 Å². The van der Waals surface area contributed by atoms with Gasteiger partial charge in [-0.1, -0.05) is 12.1 Å². The monoisotopic (exact) mass is 407 g/mol. The molecule has 9 nitrogen and oxygen atoms in total. The fraction of sp³-hybridized carbons (Fsp3) is 0.429. The molecule has 0 bridgehead atoms. The number of piperazine rings is 1. The number of hydrogen-bond acceptors (Lipinski definition) is 7. The van der Waals surface area contributed by atoms with Crippen LogP contribution in [-0.4, -0.2) is 83.0 Å². The number of carbonyl (C=O) groups excluding carboxylic acids is 1. The van der Waals surface area contributed by atoms with E-state index in [-0.39, 0.29) is 5.91 Å². The molecule has 2 aromatic heterocycles. The van der Waals surface area contributed by atoms with Gasteiger partial charge in [-0.25, -0.2) is 4.98 Å². The Morgan fingerprint density at radius 3 is 2.63 bits per heavy atom. The SMILES string of the molecule is O=C(Cn1cnc2ccccc21)N1CCN(c2cc(N3CCOCC3)cnn2)CC1. The lowest BCUT2D eigenvalue weighted by Gasteiger charge is -2.36. The number of hydrogen-bond donors (Lipinski definition) is 0. The van der Waals surface area contributed by atoms with Gasteiger partial charge in [0.1, 0.15) is 6.54 Å². The maximum atomic E-state index is 12.8. The first kappa shape index (κ1) is 18.8. The van der Waals surface area contributed by atoms with Crippen molar-refractivity contribution in [1.82, 2.24) is 24.6 Å². The van der Waals surface area contributed by atoms with Crippen molar-refractivity contribution in [2.24, 2.45) is 0 Å². The lowest BCUT2D eigenvalue weighted by atomic mass is 10.2. The Morgan fingerprint density at radius 2 is 1.80 bits per heavy atom. The summed E-state index contributed by atoms with van der Waals surface area (Å²) in [5, 5.41) is 8.53. The van der Waals surface area contributed by atoms with Gasteiger partial charge in [-0.05, 0) is 12.1 Å². The Kier molecular flexibility index (Phi) is 5.18. The van der Waals surface area contributed by atoms with Crippen LogP contribution in [0.4, 0.5) is 11.5 Å². The van der Waals surface area contributed by atoms with Crippen molar-refractivity contribution < 1.29 is 9.53 Å². The number of para-hydroxylation sites is 2. The van der Waals surface area contributed by atoms with Crippen LogP contribution in [-0.2, 0) is 16.1 Å². The molecular weight excluding hydrogens is 382 g/mol. The third-order valence-corrected chi connectivity index (χ3v) is 5.79. The van der Waals surface area contributed by atoms with Gasteiger partial charge >= 0.3 is 0 Å². The van der Waals surface area contributed by atoms with Crippen LogP contribution in [0.2, 0.25) is 0 Å². The molecule has 5 rings (SSSR count). The van der Waals surface area contributed by atoms with Crippen molar-refractivity contribution in [3.05, 3.63) is 42.9 Å². The zero-order valence-corrected chi connectivity index (χ0v) is 16.9. The quantitative estimate of drug-likeness (QED) is 0.639. The predicted molar refractivity (Wildman–Crippen MR) is 114 cm³/mol. The molecule has 0 unspecified atom stereocenters. The zero-order valence-electron chi connectivity index (χ0n) is 16.9. The zero-order chi connectivity index (χ0) is 20.3. The molecule has 0 N–H and O–H groups in total. The molecule has 9 heteroatoms. The molecule has 2 aliphatic rings. The number of benzene rings is 1. The molecule has 1 aromatic carbocycles. The van der Waals surface area contributed by atoms with E-state index in [1.54, 1.807) is 6.33 Å². The van der Waals surface area contributed by atoms with Gasteiger partial charge in [0.2, 0.25) is 5.91 Å². The number of carbonyl (C=O) groups is 1. The molecular formula is C21H25N7O2. The van der Waals surface area contributed by atoms with Gasteiger partial charge in [0.15, 0.2) is 5.82 Å². The molecule has 2 fully saturated rings. The van der Waals surface area contributed by atoms with E-state index >= 15 is 0 Å².